The number of piperazine rings is 1. The van der Waals surface area contributed by atoms with Crippen LogP contribution < -0.4 is 10.0 Å². The molecule has 128 valence electrons. The minimum absolute atomic E-state index is 0. The fourth-order valence-corrected chi connectivity index (χ4v) is 3.35. The van der Waals surface area contributed by atoms with Crippen LogP contribution in [0, 0.1) is 12.7 Å². The monoisotopic (exact) mass is 373 g/mol. The Hall–Kier alpha value is -0.440. The Balaban J connectivity index is 0.00000220. The normalized spacial score (nSPS) is 15.7. The first kappa shape index (κ1) is 21.6. The number of sulfonamides is 1. The van der Waals surface area contributed by atoms with Crippen molar-refractivity contribution in [2.45, 2.75) is 11.8 Å². The molecule has 0 aromatic heterocycles. The number of benzene rings is 1. The molecule has 5 nitrogen and oxygen atoms in total. The summed E-state index contributed by atoms with van der Waals surface area (Å²) in [4.78, 5) is 1.89. The minimum Gasteiger partial charge on any atom is -0.314 e. The Kier molecular flexibility index (Phi) is 9.45. The highest BCUT2D eigenvalue weighted by Gasteiger charge is 2.19. The smallest absolute Gasteiger partial charge is 0.243 e. The molecule has 22 heavy (non-hydrogen) atoms. The maximum absolute atomic E-state index is 13.6. The third-order valence-corrected chi connectivity index (χ3v) is 4.78. The molecule has 1 fully saturated rings. The van der Waals surface area contributed by atoms with Crippen molar-refractivity contribution in [1.82, 2.24) is 14.9 Å². The van der Waals surface area contributed by atoms with Crippen LogP contribution in [0.3, 0.4) is 0 Å². The van der Waals surface area contributed by atoms with E-state index in [1.165, 1.54) is 12.1 Å². The zero-order chi connectivity index (χ0) is 14.6. The lowest BCUT2D eigenvalue weighted by Gasteiger charge is -2.27. The summed E-state index contributed by atoms with van der Waals surface area (Å²) in [6, 6.07) is 4.08. The zero-order valence-corrected chi connectivity index (χ0v) is 14.8. The van der Waals surface area contributed by atoms with Gasteiger partial charge in [0.1, 0.15) is 10.7 Å². The topological polar surface area (TPSA) is 61.4 Å². The van der Waals surface area contributed by atoms with E-state index in [0.717, 1.165) is 26.2 Å². The quantitative estimate of drug-likeness (QED) is 0.812. The van der Waals surface area contributed by atoms with Crippen molar-refractivity contribution in [3.63, 3.8) is 0 Å². The van der Waals surface area contributed by atoms with Crippen molar-refractivity contribution in [3.8, 4) is 0 Å². The van der Waals surface area contributed by atoms with Gasteiger partial charge in [0.2, 0.25) is 10.0 Å². The standard InChI is InChI=1S/C13H20FN3O2S.2ClH/c1-11-2-3-12(14)13(10-11)20(18,19)16-6-9-17-7-4-15-5-8-17;;/h2-3,10,15-16H,4-9H2,1H3;2*1H. The molecule has 2 rings (SSSR count). The van der Waals surface area contributed by atoms with Crippen molar-refractivity contribution < 1.29 is 12.8 Å². The second-order valence-corrected chi connectivity index (χ2v) is 6.66. The molecule has 0 aliphatic carbocycles. The molecule has 1 aliphatic rings. The number of rotatable bonds is 5. The molecule has 1 aromatic rings. The van der Waals surface area contributed by atoms with E-state index in [-0.39, 0.29) is 36.3 Å². The van der Waals surface area contributed by atoms with Crippen LogP contribution in [0.25, 0.3) is 0 Å². The van der Waals surface area contributed by atoms with Crippen LogP contribution in [0.5, 0.6) is 0 Å². The van der Waals surface area contributed by atoms with Crippen LogP contribution in [0.1, 0.15) is 5.56 Å². The van der Waals surface area contributed by atoms with Gasteiger partial charge in [-0.25, -0.2) is 17.5 Å². The molecule has 2 N–H and O–H groups in total. The maximum atomic E-state index is 13.6. The molecular weight excluding hydrogens is 352 g/mol. The number of nitrogens with one attached hydrogen (secondary N) is 2. The van der Waals surface area contributed by atoms with Crippen LogP contribution in [-0.2, 0) is 10.0 Å². The first-order valence-corrected chi connectivity index (χ1v) is 8.16. The van der Waals surface area contributed by atoms with E-state index >= 15 is 0 Å². The van der Waals surface area contributed by atoms with E-state index in [2.05, 4.69) is 14.9 Å². The Morgan fingerprint density at radius 1 is 1.27 bits per heavy atom. The van der Waals surface area contributed by atoms with Gasteiger partial charge in [0.15, 0.2) is 0 Å². The number of aryl methyl sites for hydroxylation is 1. The molecule has 0 saturated carbocycles. The first-order chi connectivity index (χ1) is 9.49. The van der Waals surface area contributed by atoms with E-state index in [0.29, 0.717) is 12.1 Å². The highest BCUT2D eigenvalue weighted by Crippen LogP contribution is 2.15. The van der Waals surface area contributed by atoms with Crippen LogP contribution in [-0.4, -0.2) is 52.6 Å². The molecule has 1 heterocycles. The number of halogens is 3. The van der Waals surface area contributed by atoms with Gasteiger partial charge < -0.3 is 5.32 Å². The van der Waals surface area contributed by atoms with Gasteiger partial charge in [-0.1, -0.05) is 6.07 Å². The molecule has 0 atom stereocenters. The molecule has 0 bridgehead atoms. The summed E-state index contributed by atoms with van der Waals surface area (Å²) < 4.78 is 40.2. The summed E-state index contributed by atoms with van der Waals surface area (Å²) in [5.74, 6) is -0.717. The maximum Gasteiger partial charge on any atom is 0.243 e. The molecule has 1 saturated heterocycles. The lowest BCUT2D eigenvalue weighted by molar-refractivity contribution is 0.245. The summed E-state index contributed by atoms with van der Waals surface area (Å²) in [6.45, 7) is 6.29. The van der Waals surface area contributed by atoms with Gasteiger partial charge in [0.25, 0.3) is 0 Å². The van der Waals surface area contributed by atoms with Crippen LogP contribution in [0.2, 0.25) is 0 Å². The Morgan fingerprint density at radius 2 is 1.91 bits per heavy atom. The van der Waals surface area contributed by atoms with E-state index in [1.54, 1.807) is 13.0 Å². The molecular formula is C13H22Cl2FN3O2S. The molecule has 0 unspecified atom stereocenters. The third-order valence-electron chi connectivity index (χ3n) is 3.31. The second kappa shape index (κ2) is 9.64. The van der Waals surface area contributed by atoms with Crippen molar-refractivity contribution in [1.29, 1.82) is 0 Å². The van der Waals surface area contributed by atoms with Gasteiger partial charge in [-0.2, -0.15) is 0 Å². The number of nitrogens with zero attached hydrogens (tertiary/aromatic N) is 1. The zero-order valence-electron chi connectivity index (χ0n) is 12.3. The summed E-state index contributed by atoms with van der Waals surface area (Å²) >= 11 is 0. The summed E-state index contributed by atoms with van der Waals surface area (Å²) in [5, 5.41) is 3.23. The van der Waals surface area contributed by atoms with Gasteiger partial charge in [-0.15, -0.1) is 24.8 Å². The van der Waals surface area contributed by atoms with Crippen LogP contribution in [0.4, 0.5) is 4.39 Å². The van der Waals surface area contributed by atoms with Gasteiger partial charge >= 0.3 is 0 Å². The van der Waals surface area contributed by atoms with Crippen molar-refractivity contribution in [2.24, 2.45) is 0 Å². The molecule has 1 aromatic carbocycles. The fraction of sp³-hybridized carbons (Fsp3) is 0.538. The molecule has 1 aliphatic heterocycles. The lowest BCUT2D eigenvalue weighted by atomic mass is 10.2. The van der Waals surface area contributed by atoms with Gasteiger partial charge in [-0.05, 0) is 24.6 Å². The highest BCUT2D eigenvalue weighted by atomic mass is 35.5. The Labute approximate surface area is 143 Å². The summed E-state index contributed by atoms with van der Waals surface area (Å²) in [7, 11) is -3.78. The van der Waals surface area contributed by atoms with E-state index in [1.807, 2.05) is 0 Å². The molecule has 0 amide bonds. The van der Waals surface area contributed by atoms with E-state index in [9.17, 15) is 12.8 Å². The van der Waals surface area contributed by atoms with E-state index in [4.69, 9.17) is 0 Å². The van der Waals surface area contributed by atoms with Crippen molar-refractivity contribution in [2.75, 3.05) is 39.3 Å². The first-order valence-electron chi connectivity index (χ1n) is 6.68. The average molecular weight is 374 g/mol. The summed E-state index contributed by atoms with van der Waals surface area (Å²) in [6.07, 6.45) is 0. The average Bonchev–Trinajstić information content (AvgIpc) is 2.42. The SMILES string of the molecule is Cc1ccc(F)c(S(=O)(=O)NCCN2CCNCC2)c1.Cl.Cl. The number of hydrogen-bond acceptors (Lipinski definition) is 4. The molecule has 0 spiro atoms. The predicted molar refractivity (Wildman–Crippen MR) is 90.1 cm³/mol. The van der Waals surface area contributed by atoms with Crippen LogP contribution >= 0.6 is 24.8 Å². The van der Waals surface area contributed by atoms with Crippen molar-refractivity contribution >= 4 is 34.8 Å². The van der Waals surface area contributed by atoms with Gasteiger partial charge in [0, 0.05) is 39.3 Å². The second-order valence-electron chi connectivity index (χ2n) is 4.92. The predicted octanol–water partition coefficient (Wildman–Crippen LogP) is 1.16. The Morgan fingerprint density at radius 3 is 2.55 bits per heavy atom. The summed E-state index contributed by atoms with van der Waals surface area (Å²) in [5.41, 5.74) is 0.717. The molecule has 0 radical (unpaired) electrons. The largest absolute Gasteiger partial charge is 0.314 e. The lowest BCUT2D eigenvalue weighted by Crippen LogP contribution is -2.46. The third kappa shape index (κ3) is 5.98. The van der Waals surface area contributed by atoms with E-state index < -0.39 is 15.8 Å². The van der Waals surface area contributed by atoms with Crippen LogP contribution in [0.15, 0.2) is 23.1 Å². The van der Waals surface area contributed by atoms with Gasteiger partial charge in [-0.3, -0.25) is 4.90 Å². The number of hydrogen-bond donors (Lipinski definition) is 2. The molecule has 9 heteroatoms. The fourth-order valence-electron chi connectivity index (χ4n) is 2.17. The van der Waals surface area contributed by atoms with Crippen molar-refractivity contribution in [3.05, 3.63) is 29.6 Å². The highest BCUT2D eigenvalue weighted by molar-refractivity contribution is 7.89. The Bertz CT molecular complexity index is 566. The minimum atomic E-state index is -3.78. The van der Waals surface area contributed by atoms with Gasteiger partial charge in [0.05, 0.1) is 0 Å².